The highest BCUT2D eigenvalue weighted by atomic mass is 32.1. The Balaban J connectivity index is 1.64. The highest BCUT2D eigenvalue weighted by Crippen LogP contribution is 2.26. The molecule has 1 aromatic heterocycles. The van der Waals surface area contributed by atoms with Gasteiger partial charge >= 0.3 is 6.03 Å². The number of likely N-dealkylation sites (tertiary alicyclic amines) is 1. The summed E-state index contributed by atoms with van der Waals surface area (Å²) in [6.45, 7) is 2.68. The van der Waals surface area contributed by atoms with Gasteiger partial charge < -0.3 is 10.1 Å². The molecule has 0 saturated carbocycles. The Labute approximate surface area is 145 Å². The van der Waals surface area contributed by atoms with Crippen LogP contribution in [0, 0.1) is 0 Å². The van der Waals surface area contributed by atoms with Crippen molar-refractivity contribution in [3.05, 3.63) is 41.4 Å². The predicted molar refractivity (Wildman–Crippen MR) is 95.7 cm³/mol. The van der Waals surface area contributed by atoms with Gasteiger partial charge in [-0.25, -0.2) is 9.78 Å². The zero-order valence-corrected chi connectivity index (χ0v) is 14.5. The van der Waals surface area contributed by atoms with Crippen LogP contribution in [-0.2, 0) is 0 Å². The van der Waals surface area contributed by atoms with Crippen LogP contribution in [0.3, 0.4) is 0 Å². The molecule has 24 heavy (non-hydrogen) atoms. The molecule has 1 aliphatic rings. The molecule has 2 heterocycles. The number of anilines is 1. The van der Waals surface area contributed by atoms with Crippen LogP contribution in [0.4, 0.5) is 9.93 Å². The smallest absolute Gasteiger partial charge is 0.321 e. The lowest BCUT2D eigenvalue weighted by Crippen LogP contribution is -2.38. The van der Waals surface area contributed by atoms with Crippen molar-refractivity contribution in [2.24, 2.45) is 0 Å². The number of carbonyl (C=O) groups excluding carboxylic acids is 1. The van der Waals surface area contributed by atoms with E-state index in [1.807, 2.05) is 17.5 Å². The minimum atomic E-state index is -0.220. The van der Waals surface area contributed by atoms with Crippen molar-refractivity contribution >= 4 is 22.5 Å². The maximum atomic E-state index is 12.1. The van der Waals surface area contributed by atoms with E-state index in [-0.39, 0.29) is 12.1 Å². The SMILES string of the molecule is COc1ccc(C(CNC(=O)Nc2nccs2)N2CCCC2)cc1. The first kappa shape index (κ1) is 16.7. The number of benzene rings is 1. The molecule has 7 heteroatoms. The first-order valence-corrected chi connectivity index (χ1v) is 8.96. The van der Waals surface area contributed by atoms with Gasteiger partial charge in [-0.05, 0) is 43.6 Å². The fraction of sp³-hybridized carbons (Fsp3) is 0.412. The molecule has 1 aromatic carbocycles. The van der Waals surface area contributed by atoms with E-state index < -0.39 is 0 Å². The maximum absolute atomic E-state index is 12.1. The summed E-state index contributed by atoms with van der Waals surface area (Å²) in [5.74, 6) is 0.841. The van der Waals surface area contributed by atoms with Crippen molar-refractivity contribution in [3.8, 4) is 5.75 Å². The van der Waals surface area contributed by atoms with Gasteiger partial charge in [0.05, 0.1) is 13.2 Å². The number of nitrogens with one attached hydrogen (secondary N) is 2. The molecule has 128 valence electrons. The number of thiazole rings is 1. The highest BCUT2D eigenvalue weighted by Gasteiger charge is 2.24. The van der Waals surface area contributed by atoms with Gasteiger partial charge in [0.15, 0.2) is 5.13 Å². The maximum Gasteiger partial charge on any atom is 0.321 e. The molecule has 0 aliphatic carbocycles. The normalized spacial score (nSPS) is 15.9. The summed E-state index contributed by atoms with van der Waals surface area (Å²) in [6.07, 6.45) is 4.08. The van der Waals surface area contributed by atoms with E-state index in [0.29, 0.717) is 11.7 Å². The number of amides is 2. The standard InChI is InChI=1S/C17H22N4O2S/c1-23-14-6-4-13(5-7-14)15(21-9-2-3-10-21)12-19-16(22)20-17-18-8-11-24-17/h4-8,11,15H,2-3,9-10,12H2,1H3,(H2,18,19,20,22). The summed E-state index contributed by atoms with van der Waals surface area (Å²) < 4.78 is 5.23. The van der Waals surface area contributed by atoms with E-state index in [1.54, 1.807) is 13.3 Å². The average Bonchev–Trinajstić information content (AvgIpc) is 3.30. The largest absolute Gasteiger partial charge is 0.497 e. The Hall–Kier alpha value is -2.12. The van der Waals surface area contributed by atoms with Crippen molar-refractivity contribution in [2.75, 3.05) is 32.1 Å². The fourth-order valence-electron chi connectivity index (χ4n) is 2.95. The number of aromatic nitrogens is 1. The third kappa shape index (κ3) is 4.24. The van der Waals surface area contributed by atoms with Crippen LogP contribution in [0.15, 0.2) is 35.8 Å². The minimum absolute atomic E-state index is 0.167. The minimum Gasteiger partial charge on any atom is -0.497 e. The Bertz CT molecular complexity index is 639. The molecule has 0 spiro atoms. The van der Waals surface area contributed by atoms with Crippen LogP contribution in [-0.4, -0.2) is 42.7 Å². The molecule has 2 amide bonds. The first-order chi connectivity index (χ1) is 11.8. The van der Waals surface area contributed by atoms with Crippen molar-refractivity contribution < 1.29 is 9.53 Å². The van der Waals surface area contributed by atoms with Crippen molar-refractivity contribution in [3.63, 3.8) is 0 Å². The molecule has 6 nitrogen and oxygen atoms in total. The van der Waals surface area contributed by atoms with E-state index in [0.717, 1.165) is 18.8 Å². The second-order valence-corrected chi connectivity index (χ2v) is 6.60. The topological polar surface area (TPSA) is 66.5 Å². The van der Waals surface area contributed by atoms with E-state index in [1.165, 1.54) is 29.7 Å². The van der Waals surface area contributed by atoms with Gasteiger partial charge in [0.2, 0.25) is 0 Å². The summed E-state index contributed by atoms with van der Waals surface area (Å²) in [5.41, 5.74) is 1.19. The van der Waals surface area contributed by atoms with E-state index in [2.05, 4.69) is 32.7 Å². The van der Waals surface area contributed by atoms with Crippen molar-refractivity contribution in [1.82, 2.24) is 15.2 Å². The quantitative estimate of drug-likeness (QED) is 0.843. The molecule has 1 aliphatic heterocycles. The van der Waals surface area contributed by atoms with Crippen molar-refractivity contribution in [2.45, 2.75) is 18.9 Å². The number of hydrogen-bond donors (Lipinski definition) is 2. The molecule has 1 saturated heterocycles. The summed E-state index contributed by atoms with van der Waals surface area (Å²) in [4.78, 5) is 18.5. The number of carbonyl (C=O) groups is 1. The van der Waals surface area contributed by atoms with Crippen LogP contribution < -0.4 is 15.4 Å². The highest BCUT2D eigenvalue weighted by molar-refractivity contribution is 7.13. The van der Waals surface area contributed by atoms with Crippen LogP contribution in [0.5, 0.6) is 5.75 Å². The molecule has 3 rings (SSSR count). The Morgan fingerprint density at radius 2 is 2.08 bits per heavy atom. The molecule has 2 N–H and O–H groups in total. The van der Waals surface area contributed by atoms with Gasteiger partial charge in [-0.15, -0.1) is 11.3 Å². The van der Waals surface area contributed by atoms with Crippen LogP contribution in [0.25, 0.3) is 0 Å². The number of urea groups is 1. The fourth-order valence-corrected chi connectivity index (χ4v) is 3.48. The molecular formula is C17H22N4O2S. The number of nitrogens with zero attached hydrogens (tertiary/aromatic N) is 2. The summed E-state index contributed by atoms with van der Waals surface area (Å²) >= 11 is 1.40. The van der Waals surface area contributed by atoms with Crippen molar-refractivity contribution in [1.29, 1.82) is 0 Å². The lowest BCUT2D eigenvalue weighted by Gasteiger charge is -2.28. The molecule has 1 atom stereocenters. The second-order valence-electron chi connectivity index (χ2n) is 5.70. The number of hydrogen-bond acceptors (Lipinski definition) is 5. The predicted octanol–water partition coefficient (Wildman–Crippen LogP) is 3.11. The summed E-state index contributed by atoms with van der Waals surface area (Å²) in [7, 11) is 1.66. The lowest BCUT2D eigenvalue weighted by atomic mass is 10.1. The Morgan fingerprint density at radius 3 is 2.71 bits per heavy atom. The molecule has 2 aromatic rings. The zero-order valence-electron chi connectivity index (χ0n) is 13.7. The van der Waals surface area contributed by atoms with Gasteiger partial charge in [-0.2, -0.15) is 0 Å². The van der Waals surface area contributed by atoms with Gasteiger partial charge in [0.25, 0.3) is 0 Å². The van der Waals surface area contributed by atoms with E-state index in [4.69, 9.17) is 4.74 Å². The van der Waals surface area contributed by atoms with Gasteiger partial charge in [0.1, 0.15) is 5.75 Å². The number of rotatable bonds is 6. The second kappa shape index (κ2) is 8.12. The molecule has 1 fully saturated rings. The van der Waals surface area contributed by atoms with Gasteiger partial charge in [-0.3, -0.25) is 10.2 Å². The van der Waals surface area contributed by atoms with E-state index in [9.17, 15) is 4.79 Å². The van der Waals surface area contributed by atoms with Crippen LogP contribution in [0.2, 0.25) is 0 Å². The average molecular weight is 346 g/mol. The Morgan fingerprint density at radius 1 is 1.33 bits per heavy atom. The number of methoxy groups -OCH3 is 1. The third-order valence-electron chi connectivity index (χ3n) is 4.19. The third-order valence-corrected chi connectivity index (χ3v) is 4.88. The molecular weight excluding hydrogens is 324 g/mol. The first-order valence-electron chi connectivity index (χ1n) is 8.08. The van der Waals surface area contributed by atoms with Crippen LogP contribution >= 0.6 is 11.3 Å². The monoisotopic (exact) mass is 346 g/mol. The zero-order chi connectivity index (χ0) is 16.8. The summed E-state index contributed by atoms with van der Waals surface area (Å²) in [6, 6.07) is 8.02. The van der Waals surface area contributed by atoms with E-state index >= 15 is 0 Å². The number of ether oxygens (including phenoxy) is 1. The summed E-state index contributed by atoms with van der Waals surface area (Å²) in [5, 5.41) is 8.16. The molecule has 0 bridgehead atoms. The molecule has 0 radical (unpaired) electrons. The Kier molecular flexibility index (Phi) is 5.66. The van der Waals surface area contributed by atoms with Gasteiger partial charge in [-0.1, -0.05) is 12.1 Å². The molecule has 1 unspecified atom stereocenters. The van der Waals surface area contributed by atoms with Crippen LogP contribution in [0.1, 0.15) is 24.4 Å². The lowest BCUT2D eigenvalue weighted by molar-refractivity contribution is 0.227. The van der Waals surface area contributed by atoms with Gasteiger partial charge in [0, 0.05) is 18.1 Å².